The van der Waals surface area contributed by atoms with E-state index in [9.17, 15) is 9.50 Å². The van der Waals surface area contributed by atoms with Gasteiger partial charge in [-0.2, -0.15) is 0 Å². The fourth-order valence-electron chi connectivity index (χ4n) is 2.74. The molecule has 0 radical (unpaired) electrons. The van der Waals surface area contributed by atoms with Gasteiger partial charge in [-0.1, -0.05) is 29.8 Å². The molecule has 0 aliphatic rings. The zero-order chi connectivity index (χ0) is 14.9. The molecule has 2 aromatic carbocycles. The monoisotopic (exact) mass is 272 g/mol. The molecule has 1 atom stereocenters. The minimum absolute atomic E-state index is 0.285. The summed E-state index contributed by atoms with van der Waals surface area (Å²) >= 11 is 0. The quantitative estimate of drug-likeness (QED) is 0.887. The molecule has 2 rings (SSSR count). The zero-order valence-electron chi connectivity index (χ0n) is 12.5. The Kier molecular flexibility index (Phi) is 3.96. The van der Waals surface area contributed by atoms with Crippen LogP contribution in [0.5, 0.6) is 0 Å². The minimum Gasteiger partial charge on any atom is -0.385 e. The van der Waals surface area contributed by atoms with Crippen molar-refractivity contribution in [3.8, 4) is 0 Å². The van der Waals surface area contributed by atoms with E-state index in [1.807, 2.05) is 0 Å². The number of aryl methyl sites for hydroxylation is 3. The van der Waals surface area contributed by atoms with E-state index in [0.29, 0.717) is 6.42 Å². The summed E-state index contributed by atoms with van der Waals surface area (Å²) in [4.78, 5) is 0. The van der Waals surface area contributed by atoms with Gasteiger partial charge in [-0.3, -0.25) is 0 Å². The molecule has 0 amide bonds. The molecule has 0 bridgehead atoms. The van der Waals surface area contributed by atoms with Gasteiger partial charge in [-0.25, -0.2) is 4.39 Å². The van der Waals surface area contributed by atoms with Crippen LogP contribution in [0.1, 0.15) is 34.7 Å². The van der Waals surface area contributed by atoms with E-state index < -0.39 is 5.60 Å². The lowest BCUT2D eigenvalue weighted by molar-refractivity contribution is 0.0572. The van der Waals surface area contributed by atoms with Gasteiger partial charge >= 0.3 is 0 Å². The van der Waals surface area contributed by atoms with Crippen LogP contribution in [0.25, 0.3) is 0 Å². The van der Waals surface area contributed by atoms with Gasteiger partial charge in [0.2, 0.25) is 0 Å². The van der Waals surface area contributed by atoms with Crippen LogP contribution < -0.4 is 0 Å². The van der Waals surface area contributed by atoms with Crippen molar-refractivity contribution in [3.63, 3.8) is 0 Å². The number of benzene rings is 2. The Labute approximate surface area is 120 Å². The highest BCUT2D eigenvalue weighted by Crippen LogP contribution is 2.29. The number of hydrogen-bond acceptors (Lipinski definition) is 1. The van der Waals surface area contributed by atoms with Crippen molar-refractivity contribution in [2.45, 2.75) is 39.7 Å². The van der Waals surface area contributed by atoms with Gasteiger partial charge in [0.15, 0.2) is 0 Å². The van der Waals surface area contributed by atoms with Crippen LogP contribution in [0, 0.1) is 26.6 Å². The molecule has 0 saturated carbocycles. The summed E-state index contributed by atoms with van der Waals surface area (Å²) < 4.78 is 13.0. The summed E-state index contributed by atoms with van der Waals surface area (Å²) in [5.74, 6) is -0.285. The molecular formula is C18H21FO. The number of halogens is 1. The van der Waals surface area contributed by atoms with Crippen molar-refractivity contribution < 1.29 is 9.50 Å². The molecule has 2 aromatic rings. The SMILES string of the molecule is Cc1cc(C)c(CC(C)(O)c2ccc(F)cc2)c(C)c1. The van der Waals surface area contributed by atoms with Crippen LogP contribution >= 0.6 is 0 Å². The Bertz CT molecular complexity index is 589. The number of rotatable bonds is 3. The van der Waals surface area contributed by atoms with Gasteiger partial charge < -0.3 is 5.11 Å². The summed E-state index contributed by atoms with van der Waals surface area (Å²) in [6.45, 7) is 7.98. The fourth-order valence-corrected chi connectivity index (χ4v) is 2.74. The summed E-state index contributed by atoms with van der Waals surface area (Å²) in [5.41, 5.74) is 4.49. The zero-order valence-corrected chi connectivity index (χ0v) is 12.5. The van der Waals surface area contributed by atoms with Gasteiger partial charge in [-0.15, -0.1) is 0 Å². The van der Waals surface area contributed by atoms with Gasteiger partial charge in [0.05, 0.1) is 5.60 Å². The second-order valence-corrected chi connectivity index (χ2v) is 5.83. The lowest BCUT2D eigenvalue weighted by Gasteiger charge is -2.26. The van der Waals surface area contributed by atoms with Crippen molar-refractivity contribution in [1.82, 2.24) is 0 Å². The third kappa shape index (κ3) is 3.07. The summed E-state index contributed by atoms with van der Waals surface area (Å²) in [7, 11) is 0. The van der Waals surface area contributed by atoms with Crippen molar-refractivity contribution in [1.29, 1.82) is 0 Å². The molecule has 0 saturated heterocycles. The van der Waals surface area contributed by atoms with Gasteiger partial charge in [0.25, 0.3) is 0 Å². The average Bonchev–Trinajstić information content (AvgIpc) is 2.34. The molecule has 0 aliphatic carbocycles. The van der Waals surface area contributed by atoms with Crippen molar-refractivity contribution in [2.75, 3.05) is 0 Å². The van der Waals surface area contributed by atoms with E-state index in [1.165, 1.54) is 28.8 Å². The molecule has 1 unspecified atom stereocenters. The van der Waals surface area contributed by atoms with E-state index in [4.69, 9.17) is 0 Å². The molecule has 0 spiro atoms. The highest BCUT2D eigenvalue weighted by atomic mass is 19.1. The predicted molar refractivity (Wildman–Crippen MR) is 80.3 cm³/mol. The van der Waals surface area contributed by atoms with Crippen LogP contribution in [0.3, 0.4) is 0 Å². The van der Waals surface area contributed by atoms with Crippen molar-refractivity contribution in [2.24, 2.45) is 0 Å². The minimum atomic E-state index is -1.00. The first kappa shape index (κ1) is 14.7. The third-order valence-electron chi connectivity index (χ3n) is 3.83. The van der Waals surface area contributed by atoms with Crippen LogP contribution in [-0.4, -0.2) is 5.11 Å². The van der Waals surface area contributed by atoms with E-state index >= 15 is 0 Å². The Balaban J connectivity index is 2.35. The van der Waals surface area contributed by atoms with Crippen molar-refractivity contribution >= 4 is 0 Å². The first-order chi connectivity index (χ1) is 9.29. The first-order valence-electron chi connectivity index (χ1n) is 6.85. The van der Waals surface area contributed by atoms with Gasteiger partial charge in [-0.05, 0) is 62.1 Å². The summed E-state index contributed by atoms with van der Waals surface area (Å²) in [6.07, 6.45) is 0.524. The molecule has 106 valence electrons. The van der Waals surface area contributed by atoms with E-state index in [0.717, 1.165) is 11.1 Å². The maximum atomic E-state index is 13.0. The molecule has 0 fully saturated rings. The molecule has 20 heavy (non-hydrogen) atoms. The number of hydrogen-bond donors (Lipinski definition) is 1. The second-order valence-electron chi connectivity index (χ2n) is 5.83. The number of aliphatic hydroxyl groups is 1. The van der Waals surface area contributed by atoms with Gasteiger partial charge in [0, 0.05) is 6.42 Å². The molecule has 1 N–H and O–H groups in total. The fraction of sp³-hybridized carbons (Fsp3) is 0.333. The first-order valence-corrected chi connectivity index (χ1v) is 6.85. The highest BCUT2D eigenvalue weighted by Gasteiger charge is 2.25. The van der Waals surface area contributed by atoms with Crippen LogP contribution in [-0.2, 0) is 12.0 Å². The van der Waals surface area contributed by atoms with Crippen LogP contribution in [0.15, 0.2) is 36.4 Å². The summed E-state index contributed by atoms with van der Waals surface area (Å²) in [5, 5.41) is 10.7. The Morgan fingerprint density at radius 3 is 2.00 bits per heavy atom. The Morgan fingerprint density at radius 1 is 1.00 bits per heavy atom. The maximum Gasteiger partial charge on any atom is 0.123 e. The second kappa shape index (κ2) is 5.37. The summed E-state index contributed by atoms with van der Waals surface area (Å²) in [6, 6.07) is 10.3. The largest absolute Gasteiger partial charge is 0.385 e. The molecule has 0 aromatic heterocycles. The molecule has 2 heteroatoms. The Morgan fingerprint density at radius 2 is 1.50 bits per heavy atom. The highest BCUT2D eigenvalue weighted by molar-refractivity contribution is 5.39. The lowest BCUT2D eigenvalue weighted by Crippen LogP contribution is -2.25. The standard InChI is InChI=1S/C18H21FO/c1-12-9-13(2)17(14(3)10-12)11-18(4,20)15-5-7-16(19)8-6-15/h5-10,20H,11H2,1-4H3. The molecule has 0 aliphatic heterocycles. The van der Waals surface area contributed by atoms with Crippen molar-refractivity contribution in [3.05, 3.63) is 70.0 Å². The average molecular weight is 272 g/mol. The van der Waals surface area contributed by atoms with Crippen LogP contribution in [0.4, 0.5) is 4.39 Å². The maximum absolute atomic E-state index is 13.0. The Hall–Kier alpha value is -1.67. The molecule has 0 heterocycles. The van der Waals surface area contributed by atoms with E-state index in [1.54, 1.807) is 19.1 Å². The van der Waals surface area contributed by atoms with E-state index in [2.05, 4.69) is 32.9 Å². The molecular weight excluding hydrogens is 251 g/mol. The lowest BCUT2D eigenvalue weighted by atomic mass is 9.85. The van der Waals surface area contributed by atoms with E-state index in [-0.39, 0.29) is 5.82 Å². The van der Waals surface area contributed by atoms with Crippen LogP contribution in [0.2, 0.25) is 0 Å². The normalized spacial score (nSPS) is 14.1. The third-order valence-corrected chi connectivity index (χ3v) is 3.83. The van der Waals surface area contributed by atoms with Gasteiger partial charge in [0.1, 0.15) is 5.82 Å². The topological polar surface area (TPSA) is 20.2 Å². The molecule has 1 nitrogen and oxygen atoms in total. The predicted octanol–water partition coefficient (Wildman–Crippen LogP) is 4.20. The smallest absolute Gasteiger partial charge is 0.123 e.